The summed E-state index contributed by atoms with van der Waals surface area (Å²) in [5.41, 5.74) is 1.32. The smallest absolute Gasteiger partial charge is 0.310 e. The predicted molar refractivity (Wildman–Crippen MR) is 72.2 cm³/mol. The van der Waals surface area contributed by atoms with Crippen LogP contribution in [0.15, 0.2) is 24.3 Å². The van der Waals surface area contributed by atoms with Crippen molar-refractivity contribution in [2.75, 3.05) is 11.9 Å². The van der Waals surface area contributed by atoms with Crippen LogP contribution in [-0.4, -0.2) is 29.7 Å². The first-order chi connectivity index (χ1) is 8.90. The van der Waals surface area contributed by atoms with Crippen molar-refractivity contribution in [3.8, 4) is 0 Å². The molecule has 0 aliphatic heterocycles. The molecule has 19 heavy (non-hydrogen) atoms. The van der Waals surface area contributed by atoms with Crippen molar-refractivity contribution in [3.05, 3.63) is 29.8 Å². The van der Waals surface area contributed by atoms with Gasteiger partial charge in [-0.25, -0.2) is 0 Å². The Hall–Kier alpha value is -1.88. The Labute approximate surface area is 112 Å². The number of carboxylic acids is 1. The van der Waals surface area contributed by atoms with Crippen molar-refractivity contribution in [1.82, 2.24) is 0 Å². The number of rotatable bonds is 6. The largest absolute Gasteiger partial charge is 0.481 e. The third-order valence-electron chi connectivity index (χ3n) is 2.61. The molecule has 1 aromatic carbocycles. The number of aliphatic carboxylic acids is 1. The van der Waals surface area contributed by atoms with Crippen LogP contribution in [-0.2, 0) is 14.3 Å². The molecule has 0 bridgehead atoms. The third-order valence-corrected chi connectivity index (χ3v) is 2.61. The lowest BCUT2D eigenvalue weighted by Crippen LogP contribution is -2.20. The molecular weight excluding hydrogens is 246 g/mol. The van der Waals surface area contributed by atoms with E-state index in [9.17, 15) is 9.59 Å². The maximum absolute atomic E-state index is 11.5. The minimum absolute atomic E-state index is 0.00421. The Morgan fingerprint density at radius 2 is 1.79 bits per heavy atom. The van der Waals surface area contributed by atoms with Gasteiger partial charge in [-0.1, -0.05) is 12.1 Å². The highest BCUT2D eigenvalue weighted by Gasteiger charge is 2.13. The Bertz CT molecular complexity index is 439. The summed E-state index contributed by atoms with van der Waals surface area (Å²) in [5, 5.41) is 11.6. The van der Waals surface area contributed by atoms with Gasteiger partial charge in [0.15, 0.2) is 0 Å². The number of carbonyl (C=O) groups excluding carboxylic acids is 1. The Kier molecular flexibility index (Phi) is 5.51. The van der Waals surface area contributed by atoms with Crippen LogP contribution in [0.1, 0.15) is 32.3 Å². The van der Waals surface area contributed by atoms with Crippen LogP contribution in [0.3, 0.4) is 0 Å². The second-order valence-electron chi connectivity index (χ2n) is 4.59. The normalized spacial score (nSPS) is 12.2. The molecule has 5 heteroatoms. The first kappa shape index (κ1) is 15.2. The molecule has 0 saturated heterocycles. The molecule has 0 aromatic heterocycles. The monoisotopic (exact) mass is 265 g/mol. The van der Waals surface area contributed by atoms with Crippen molar-refractivity contribution in [1.29, 1.82) is 0 Å². The zero-order chi connectivity index (χ0) is 14.4. The Morgan fingerprint density at radius 1 is 1.21 bits per heavy atom. The molecular formula is C14H19NO4. The second-order valence-corrected chi connectivity index (χ2v) is 4.59. The molecule has 1 atom stereocenters. The van der Waals surface area contributed by atoms with E-state index in [1.807, 2.05) is 13.8 Å². The van der Waals surface area contributed by atoms with Crippen LogP contribution in [0.25, 0.3) is 0 Å². The van der Waals surface area contributed by atoms with Crippen LogP contribution in [0, 0.1) is 0 Å². The molecule has 0 aliphatic rings. The van der Waals surface area contributed by atoms with Crippen molar-refractivity contribution in [2.45, 2.75) is 32.8 Å². The van der Waals surface area contributed by atoms with Crippen molar-refractivity contribution < 1.29 is 19.4 Å². The summed E-state index contributed by atoms with van der Waals surface area (Å²) in [4.78, 5) is 22.3. The lowest BCUT2D eigenvalue weighted by molar-refractivity contribution is -0.138. The summed E-state index contributed by atoms with van der Waals surface area (Å²) in [6.07, 6.45) is 0.00421. The molecule has 0 aliphatic carbocycles. The highest BCUT2D eigenvalue weighted by molar-refractivity contribution is 5.91. The number of carboxylic acid groups (broad SMARTS) is 1. The number of benzene rings is 1. The zero-order valence-electron chi connectivity index (χ0n) is 11.3. The maximum atomic E-state index is 11.5. The van der Waals surface area contributed by atoms with E-state index >= 15 is 0 Å². The number of nitrogens with one attached hydrogen (secondary N) is 1. The van der Waals surface area contributed by atoms with Gasteiger partial charge in [-0.3, -0.25) is 9.59 Å². The summed E-state index contributed by atoms with van der Waals surface area (Å²) >= 11 is 0. The average Bonchev–Trinajstić information content (AvgIpc) is 2.36. The van der Waals surface area contributed by atoms with E-state index < -0.39 is 11.9 Å². The van der Waals surface area contributed by atoms with Gasteiger partial charge >= 0.3 is 5.97 Å². The number of hydrogen-bond acceptors (Lipinski definition) is 3. The first-order valence-corrected chi connectivity index (χ1v) is 6.14. The van der Waals surface area contributed by atoms with E-state index in [1.54, 1.807) is 31.2 Å². The molecule has 0 heterocycles. The molecule has 1 aromatic rings. The zero-order valence-corrected chi connectivity index (χ0v) is 11.3. The van der Waals surface area contributed by atoms with Gasteiger partial charge in [0.2, 0.25) is 5.91 Å². The fraction of sp³-hybridized carbons (Fsp3) is 0.429. The second kappa shape index (κ2) is 6.89. The molecule has 0 saturated carbocycles. The lowest BCUT2D eigenvalue weighted by atomic mass is 10.0. The quantitative estimate of drug-likeness (QED) is 0.827. The molecule has 1 unspecified atom stereocenters. The first-order valence-electron chi connectivity index (χ1n) is 6.14. The van der Waals surface area contributed by atoms with E-state index in [-0.39, 0.29) is 18.6 Å². The van der Waals surface area contributed by atoms with E-state index in [4.69, 9.17) is 9.84 Å². The van der Waals surface area contributed by atoms with E-state index in [2.05, 4.69) is 5.32 Å². The summed E-state index contributed by atoms with van der Waals surface area (Å²) in [5.74, 6) is -1.66. The topological polar surface area (TPSA) is 75.6 Å². The molecule has 104 valence electrons. The molecule has 2 N–H and O–H groups in total. The van der Waals surface area contributed by atoms with E-state index in [0.717, 1.165) is 0 Å². The van der Waals surface area contributed by atoms with Gasteiger partial charge in [-0.2, -0.15) is 0 Å². The van der Waals surface area contributed by atoms with E-state index in [0.29, 0.717) is 11.3 Å². The standard InChI is InChI=1S/C14H19NO4/c1-9(2)19-8-13(16)15-12-6-4-11(5-7-12)10(3)14(17)18/h4-7,9-10H,8H2,1-3H3,(H,15,16)(H,17,18). The summed E-state index contributed by atoms with van der Waals surface area (Å²) in [6, 6.07) is 6.75. The van der Waals surface area contributed by atoms with Crippen LogP contribution in [0.2, 0.25) is 0 Å². The predicted octanol–water partition coefficient (Wildman–Crippen LogP) is 2.24. The fourth-order valence-corrected chi connectivity index (χ4v) is 1.44. The number of carbonyl (C=O) groups is 2. The lowest BCUT2D eigenvalue weighted by Gasteiger charge is -2.10. The van der Waals surface area contributed by atoms with Gasteiger partial charge in [-0.05, 0) is 38.5 Å². The Morgan fingerprint density at radius 3 is 2.26 bits per heavy atom. The SMILES string of the molecule is CC(C)OCC(=O)Nc1ccc(C(C)C(=O)O)cc1. The van der Waals surface area contributed by atoms with Gasteiger partial charge in [0.25, 0.3) is 0 Å². The fourth-order valence-electron chi connectivity index (χ4n) is 1.44. The number of ether oxygens (including phenoxy) is 1. The van der Waals surface area contributed by atoms with Gasteiger partial charge in [0.1, 0.15) is 6.61 Å². The van der Waals surface area contributed by atoms with Crippen LogP contribution in [0.5, 0.6) is 0 Å². The number of hydrogen-bond donors (Lipinski definition) is 2. The van der Waals surface area contributed by atoms with Gasteiger partial charge in [0, 0.05) is 5.69 Å². The van der Waals surface area contributed by atoms with Crippen molar-refractivity contribution in [2.24, 2.45) is 0 Å². The van der Waals surface area contributed by atoms with E-state index in [1.165, 1.54) is 0 Å². The highest BCUT2D eigenvalue weighted by atomic mass is 16.5. The minimum atomic E-state index is -0.873. The molecule has 5 nitrogen and oxygen atoms in total. The van der Waals surface area contributed by atoms with Crippen molar-refractivity contribution in [3.63, 3.8) is 0 Å². The minimum Gasteiger partial charge on any atom is -0.481 e. The summed E-state index contributed by atoms with van der Waals surface area (Å²) in [6.45, 7) is 5.34. The van der Waals surface area contributed by atoms with Crippen LogP contribution in [0.4, 0.5) is 5.69 Å². The van der Waals surface area contributed by atoms with Gasteiger partial charge in [-0.15, -0.1) is 0 Å². The number of anilines is 1. The highest BCUT2D eigenvalue weighted by Crippen LogP contribution is 2.18. The summed E-state index contributed by atoms with van der Waals surface area (Å²) in [7, 11) is 0. The number of amides is 1. The van der Waals surface area contributed by atoms with Gasteiger partial charge in [0.05, 0.1) is 12.0 Å². The molecule has 0 radical (unpaired) electrons. The maximum Gasteiger partial charge on any atom is 0.310 e. The molecule has 1 rings (SSSR count). The average molecular weight is 265 g/mol. The molecule has 1 amide bonds. The Balaban J connectivity index is 2.57. The third kappa shape index (κ3) is 5.09. The molecule has 0 spiro atoms. The summed E-state index contributed by atoms with van der Waals surface area (Å²) < 4.78 is 5.18. The van der Waals surface area contributed by atoms with Crippen molar-refractivity contribution >= 4 is 17.6 Å². The van der Waals surface area contributed by atoms with Crippen LogP contribution < -0.4 is 5.32 Å². The molecule has 0 fully saturated rings. The van der Waals surface area contributed by atoms with Crippen LogP contribution >= 0.6 is 0 Å². The van der Waals surface area contributed by atoms with Gasteiger partial charge < -0.3 is 15.2 Å².